The average molecular weight is 431 g/mol. The molecule has 162 valence electrons. The van der Waals surface area contributed by atoms with Gasteiger partial charge in [-0.05, 0) is 49.7 Å². The lowest BCUT2D eigenvalue weighted by Gasteiger charge is -2.07. The number of methoxy groups -OCH3 is 1. The van der Waals surface area contributed by atoms with Crippen molar-refractivity contribution < 1.29 is 18.8 Å². The maximum Gasteiger partial charge on any atom is 0.337 e. The first-order valence-corrected chi connectivity index (χ1v) is 9.83. The van der Waals surface area contributed by atoms with Gasteiger partial charge in [-0.25, -0.2) is 9.48 Å². The van der Waals surface area contributed by atoms with Gasteiger partial charge >= 0.3 is 5.97 Å². The van der Waals surface area contributed by atoms with Gasteiger partial charge in [-0.2, -0.15) is 10.1 Å². The van der Waals surface area contributed by atoms with Gasteiger partial charge in [0.05, 0.1) is 29.6 Å². The van der Waals surface area contributed by atoms with Crippen molar-refractivity contribution in [1.29, 1.82) is 0 Å². The normalized spacial score (nSPS) is 10.8. The molecule has 0 atom stereocenters. The molecule has 0 spiro atoms. The summed E-state index contributed by atoms with van der Waals surface area (Å²) in [7, 11) is 1.32. The third-order valence-corrected chi connectivity index (χ3v) is 4.95. The quantitative estimate of drug-likeness (QED) is 0.477. The van der Waals surface area contributed by atoms with E-state index < -0.39 is 5.97 Å². The van der Waals surface area contributed by atoms with E-state index in [4.69, 9.17) is 4.52 Å². The van der Waals surface area contributed by atoms with Crippen LogP contribution in [0.5, 0.6) is 0 Å². The summed E-state index contributed by atoms with van der Waals surface area (Å²) in [4.78, 5) is 28.7. The van der Waals surface area contributed by atoms with Gasteiger partial charge in [-0.3, -0.25) is 4.79 Å². The maximum absolute atomic E-state index is 12.8. The smallest absolute Gasteiger partial charge is 0.337 e. The predicted molar refractivity (Wildman–Crippen MR) is 117 cm³/mol. The van der Waals surface area contributed by atoms with Gasteiger partial charge in [0.25, 0.3) is 5.91 Å². The second-order valence-electron chi connectivity index (χ2n) is 7.23. The van der Waals surface area contributed by atoms with Crippen molar-refractivity contribution >= 4 is 17.6 Å². The Hall–Kier alpha value is -4.27. The second kappa shape index (κ2) is 8.46. The third-order valence-electron chi connectivity index (χ3n) is 4.95. The number of benzene rings is 2. The molecule has 4 rings (SSSR count). The van der Waals surface area contributed by atoms with Crippen LogP contribution in [-0.2, 0) is 4.74 Å². The summed E-state index contributed by atoms with van der Waals surface area (Å²) in [6, 6.07) is 12.2. The standard InChI is InChI=1S/C23H21N5O4/c1-13-5-6-17(21-24-15(3)32-27-21)11-20(13)28-12-19(14(2)26-28)22(29)25-18-9-7-16(8-10-18)23(30)31-4/h5-12H,1-4H3,(H,25,29). The van der Waals surface area contributed by atoms with Crippen LogP contribution < -0.4 is 5.32 Å². The number of carbonyl (C=O) groups excluding carboxylic acids is 2. The number of nitrogens with zero attached hydrogens (tertiary/aromatic N) is 4. The molecule has 0 bridgehead atoms. The number of anilines is 1. The Bertz CT molecular complexity index is 1300. The monoisotopic (exact) mass is 431 g/mol. The molecule has 2 heterocycles. The van der Waals surface area contributed by atoms with Crippen LogP contribution in [0.1, 0.15) is 37.9 Å². The van der Waals surface area contributed by atoms with E-state index in [0.29, 0.717) is 34.2 Å². The summed E-state index contributed by atoms with van der Waals surface area (Å²) in [5.41, 5.74) is 4.53. The molecule has 0 fully saturated rings. The van der Waals surface area contributed by atoms with Gasteiger partial charge in [-0.1, -0.05) is 17.3 Å². The molecule has 32 heavy (non-hydrogen) atoms. The molecular formula is C23H21N5O4. The Labute approximate surface area is 184 Å². The molecule has 0 radical (unpaired) electrons. The molecule has 0 saturated heterocycles. The fourth-order valence-corrected chi connectivity index (χ4v) is 3.22. The van der Waals surface area contributed by atoms with Crippen molar-refractivity contribution in [1.82, 2.24) is 19.9 Å². The van der Waals surface area contributed by atoms with Gasteiger partial charge < -0.3 is 14.6 Å². The van der Waals surface area contributed by atoms with Crippen LogP contribution in [0.4, 0.5) is 5.69 Å². The Kier molecular flexibility index (Phi) is 5.55. The second-order valence-corrected chi connectivity index (χ2v) is 7.23. The number of ether oxygens (including phenoxy) is 1. The molecule has 2 aromatic carbocycles. The number of rotatable bonds is 5. The Morgan fingerprint density at radius 2 is 1.81 bits per heavy atom. The van der Waals surface area contributed by atoms with Gasteiger partial charge in [0.2, 0.25) is 11.7 Å². The number of amides is 1. The van der Waals surface area contributed by atoms with Gasteiger partial charge in [-0.15, -0.1) is 0 Å². The first-order chi connectivity index (χ1) is 15.4. The first kappa shape index (κ1) is 21.0. The zero-order valence-corrected chi connectivity index (χ0v) is 18.0. The molecule has 0 aliphatic carbocycles. The number of hydrogen-bond donors (Lipinski definition) is 1. The van der Waals surface area contributed by atoms with Crippen LogP contribution in [0.3, 0.4) is 0 Å². The highest BCUT2D eigenvalue weighted by atomic mass is 16.5. The van der Waals surface area contributed by atoms with E-state index in [1.807, 2.05) is 25.1 Å². The van der Waals surface area contributed by atoms with Crippen LogP contribution in [0.15, 0.2) is 53.2 Å². The Balaban J connectivity index is 1.59. The minimum atomic E-state index is -0.437. The molecule has 0 aliphatic heterocycles. The van der Waals surface area contributed by atoms with E-state index in [0.717, 1.165) is 16.8 Å². The van der Waals surface area contributed by atoms with Crippen molar-refractivity contribution in [2.75, 3.05) is 12.4 Å². The summed E-state index contributed by atoms with van der Waals surface area (Å²) in [5.74, 6) is 0.229. The molecule has 0 saturated carbocycles. The lowest BCUT2D eigenvalue weighted by molar-refractivity contribution is 0.0600. The zero-order chi connectivity index (χ0) is 22.8. The Morgan fingerprint density at radius 3 is 2.47 bits per heavy atom. The highest BCUT2D eigenvalue weighted by molar-refractivity contribution is 6.05. The number of nitrogens with one attached hydrogen (secondary N) is 1. The van der Waals surface area contributed by atoms with Crippen molar-refractivity contribution in [3.63, 3.8) is 0 Å². The number of hydrogen-bond acceptors (Lipinski definition) is 7. The zero-order valence-electron chi connectivity index (χ0n) is 18.0. The predicted octanol–water partition coefficient (Wildman–Crippen LogP) is 3.89. The summed E-state index contributed by atoms with van der Waals surface area (Å²) in [6.45, 7) is 5.46. The molecule has 1 N–H and O–H groups in total. The summed E-state index contributed by atoms with van der Waals surface area (Å²) < 4.78 is 11.4. The van der Waals surface area contributed by atoms with Crippen LogP contribution in [-0.4, -0.2) is 38.9 Å². The van der Waals surface area contributed by atoms with Crippen molar-refractivity contribution in [3.8, 4) is 17.1 Å². The van der Waals surface area contributed by atoms with Crippen molar-refractivity contribution in [2.45, 2.75) is 20.8 Å². The highest BCUT2D eigenvalue weighted by Gasteiger charge is 2.17. The number of aromatic nitrogens is 4. The first-order valence-electron chi connectivity index (χ1n) is 9.83. The molecule has 9 heteroatoms. The molecule has 4 aromatic rings. The number of aryl methyl sites for hydroxylation is 3. The van der Waals surface area contributed by atoms with Crippen molar-refractivity contribution in [2.24, 2.45) is 0 Å². The number of esters is 1. The van der Waals surface area contributed by atoms with E-state index in [1.165, 1.54) is 7.11 Å². The molecule has 0 aliphatic rings. The van der Waals surface area contributed by atoms with Gasteiger partial charge in [0.1, 0.15) is 0 Å². The SMILES string of the molecule is COC(=O)c1ccc(NC(=O)c2cn(-c3cc(-c4noc(C)n4)ccc3C)nc2C)cc1. The fourth-order valence-electron chi connectivity index (χ4n) is 3.22. The summed E-state index contributed by atoms with van der Waals surface area (Å²) >= 11 is 0. The lowest BCUT2D eigenvalue weighted by atomic mass is 10.1. The summed E-state index contributed by atoms with van der Waals surface area (Å²) in [6.07, 6.45) is 1.68. The molecule has 2 aromatic heterocycles. The van der Waals surface area contributed by atoms with Gasteiger partial charge in [0.15, 0.2) is 0 Å². The lowest BCUT2D eigenvalue weighted by Crippen LogP contribution is -2.12. The van der Waals surface area contributed by atoms with Crippen LogP contribution >= 0.6 is 0 Å². The maximum atomic E-state index is 12.8. The largest absolute Gasteiger partial charge is 0.465 e. The molecular weight excluding hydrogens is 410 g/mol. The summed E-state index contributed by atoms with van der Waals surface area (Å²) in [5, 5.41) is 11.3. The highest BCUT2D eigenvalue weighted by Crippen LogP contribution is 2.24. The minimum absolute atomic E-state index is 0.304. The van der Waals surface area contributed by atoms with Crippen LogP contribution in [0.25, 0.3) is 17.1 Å². The third kappa shape index (κ3) is 4.13. The van der Waals surface area contributed by atoms with Crippen LogP contribution in [0, 0.1) is 20.8 Å². The minimum Gasteiger partial charge on any atom is -0.465 e. The number of carbonyl (C=O) groups is 2. The van der Waals surface area contributed by atoms with Crippen LogP contribution in [0.2, 0.25) is 0 Å². The topological polar surface area (TPSA) is 112 Å². The fraction of sp³-hybridized carbons (Fsp3) is 0.174. The van der Waals surface area contributed by atoms with E-state index in [1.54, 1.807) is 49.0 Å². The Morgan fingerprint density at radius 1 is 1.06 bits per heavy atom. The average Bonchev–Trinajstić information content (AvgIpc) is 3.39. The van der Waals surface area contributed by atoms with E-state index in [9.17, 15) is 9.59 Å². The molecule has 0 unspecified atom stereocenters. The van der Waals surface area contributed by atoms with Gasteiger partial charge in [0, 0.05) is 24.4 Å². The molecule has 1 amide bonds. The van der Waals surface area contributed by atoms with E-state index in [2.05, 4.69) is 25.3 Å². The molecule has 9 nitrogen and oxygen atoms in total. The van der Waals surface area contributed by atoms with Crippen molar-refractivity contribution in [3.05, 3.63) is 76.9 Å². The van der Waals surface area contributed by atoms with E-state index >= 15 is 0 Å². The van der Waals surface area contributed by atoms with E-state index in [-0.39, 0.29) is 5.91 Å².